The molecule has 0 aromatic carbocycles. The maximum atomic E-state index is 10.6. The predicted octanol–water partition coefficient (Wildman–Crippen LogP) is 3.12. The molecule has 0 aliphatic carbocycles. The minimum Gasteiger partial charge on any atom is -0.475 e. The van der Waals surface area contributed by atoms with Gasteiger partial charge in [0.15, 0.2) is 0 Å². The molecule has 3 aliphatic heterocycles. The molecule has 4 heterocycles. The number of anilines is 1. The lowest BCUT2D eigenvalue weighted by Gasteiger charge is -2.49. The maximum absolute atomic E-state index is 10.6. The Balaban J connectivity index is 0.000000301. The third kappa shape index (κ3) is 10.2. The first kappa shape index (κ1) is 31.5. The van der Waals surface area contributed by atoms with Crippen molar-refractivity contribution in [1.82, 2.24) is 15.1 Å². The Bertz CT molecular complexity index is 872. The summed E-state index contributed by atoms with van der Waals surface area (Å²) in [6.07, 6.45) is -5.13. The Morgan fingerprint density at radius 3 is 2.03 bits per heavy atom. The zero-order valence-corrected chi connectivity index (χ0v) is 20.5. The van der Waals surface area contributed by atoms with E-state index in [1.807, 2.05) is 19.1 Å². The van der Waals surface area contributed by atoms with E-state index in [2.05, 4.69) is 20.4 Å². The van der Waals surface area contributed by atoms with Gasteiger partial charge in [0.05, 0.1) is 17.8 Å². The highest BCUT2D eigenvalue weighted by Crippen LogP contribution is 2.32. The first-order chi connectivity index (χ1) is 17.7. The number of alkyl halides is 6. The van der Waals surface area contributed by atoms with Crippen molar-refractivity contribution in [3.8, 4) is 0 Å². The number of piperidine rings is 1. The monoisotopic (exact) mass is 560 g/mol. The highest BCUT2D eigenvalue weighted by molar-refractivity contribution is 5.73. The van der Waals surface area contributed by atoms with Crippen LogP contribution in [0.5, 0.6) is 0 Å². The fourth-order valence-electron chi connectivity index (χ4n) is 4.38. The summed E-state index contributed by atoms with van der Waals surface area (Å²) in [5, 5.41) is 26.3. The third-order valence-corrected chi connectivity index (χ3v) is 6.11. The second-order valence-electron chi connectivity index (χ2n) is 8.95. The molecule has 1 aromatic rings. The van der Waals surface area contributed by atoms with E-state index in [0.29, 0.717) is 12.0 Å². The van der Waals surface area contributed by atoms with Crippen LogP contribution in [-0.2, 0) is 19.1 Å². The van der Waals surface area contributed by atoms with Crippen molar-refractivity contribution in [1.29, 1.82) is 0 Å². The van der Waals surface area contributed by atoms with E-state index >= 15 is 0 Å². The Hall–Kier alpha value is -2.72. The van der Waals surface area contributed by atoms with Crippen LogP contribution in [0.4, 0.5) is 32.2 Å². The predicted molar refractivity (Wildman–Crippen MR) is 119 cm³/mol. The Labute approximate surface area is 214 Å². The zero-order chi connectivity index (χ0) is 28.5. The van der Waals surface area contributed by atoms with Gasteiger partial charge in [-0.15, -0.1) is 5.10 Å². The van der Waals surface area contributed by atoms with Crippen LogP contribution >= 0.6 is 0 Å². The molecule has 1 aromatic heterocycles. The number of halogens is 6. The van der Waals surface area contributed by atoms with Gasteiger partial charge in [-0.05, 0) is 50.7 Å². The average molecular weight is 560 g/mol. The highest BCUT2D eigenvalue weighted by Gasteiger charge is 2.42. The molecule has 16 heteroatoms. The van der Waals surface area contributed by atoms with E-state index < -0.39 is 24.3 Å². The molecular formula is C22H30F6N4O6. The van der Waals surface area contributed by atoms with Gasteiger partial charge in [-0.1, -0.05) is 0 Å². The van der Waals surface area contributed by atoms with Crippen LogP contribution in [0, 0.1) is 12.8 Å². The number of likely N-dealkylation sites (tertiary alicyclic amines) is 1. The van der Waals surface area contributed by atoms with Gasteiger partial charge in [0.25, 0.3) is 0 Å². The van der Waals surface area contributed by atoms with E-state index in [4.69, 9.17) is 29.3 Å². The van der Waals surface area contributed by atoms with Crippen LogP contribution in [0.2, 0.25) is 0 Å². The second kappa shape index (κ2) is 13.9. The van der Waals surface area contributed by atoms with E-state index in [-0.39, 0.29) is 12.1 Å². The Kier molecular flexibility index (Phi) is 11.5. The summed E-state index contributed by atoms with van der Waals surface area (Å²) in [5.41, 5.74) is 0.944. The number of rotatable bonds is 3. The zero-order valence-electron chi connectivity index (χ0n) is 20.5. The van der Waals surface area contributed by atoms with Gasteiger partial charge in [0.1, 0.15) is 5.82 Å². The number of nitrogens with one attached hydrogen (secondary N) is 1. The molecule has 4 rings (SSSR count). The number of hydrogen-bond donors (Lipinski definition) is 3. The molecule has 0 amide bonds. The van der Waals surface area contributed by atoms with Gasteiger partial charge in [-0.3, -0.25) is 4.90 Å². The summed E-state index contributed by atoms with van der Waals surface area (Å²) in [7, 11) is 0. The summed E-state index contributed by atoms with van der Waals surface area (Å²) >= 11 is 0. The lowest BCUT2D eigenvalue weighted by molar-refractivity contribution is -0.193. The largest absolute Gasteiger partial charge is 0.490 e. The third-order valence-electron chi connectivity index (χ3n) is 6.11. The maximum Gasteiger partial charge on any atom is 0.490 e. The summed E-state index contributed by atoms with van der Waals surface area (Å²) in [4.78, 5) is 20.5. The standard InChI is InChI=1S/C18H28N4O2.2C2HF3O2/c1-13-4-5-17(21-20-13)19-16-12-22(15-6-9-23-10-7-15)11-14-3-2-8-24-18(14)16;2*3-2(4,5)1(6)7/h4-5,14-16,18H,2-3,6-12H2,1H3,(H,19,21);2*(H,6,7)/t14-,16+,18-;;/m0../s1. The lowest BCUT2D eigenvalue weighted by atomic mass is 9.84. The van der Waals surface area contributed by atoms with Gasteiger partial charge in [0, 0.05) is 39.0 Å². The van der Waals surface area contributed by atoms with Crippen LogP contribution in [0.3, 0.4) is 0 Å². The molecule has 3 atom stereocenters. The van der Waals surface area contributed by atoms with Crippen molar-refractivity contribution in [3.05, 3.63) is 17.8 Å². The lowest BCUT2D eigenvalue weighted by Crippen LogP contribution is -2.60. The van der Waals surface area contributed by atoms with Gasteiger partial charge in [0.2, 0.25) is 0 Å². The SMILES string of the molecule is Cc1ccc(N[C@@H]2CN(C3CCOCC3)C[C@@H]3CCCO[C@@H]32)nn1.O=C(O)C(F)(F)F.O=C(O)C(F)(F)F. The smallest absolute Gasteiger partial charge is 0.475 e. The van der Waals surface area contributed by atoms with E-state index in [9.17, 15) is 26.3 Å². The quantitative estimate of drug-likeness (QED) is 0.474. The average Bonchev–Trinajstić information content (AvgIpc) is 2.85. The molecule has 3 aliphatic rings. The number of aromatic nitrogens is 2. The van der Waals surface area contributed by atoms with Gasteiger partial charge in [-0.25, -0.2) is 9.59 Å². The van der Waals surface area contributed by atoms with Gasteiger partial charge < -0.3 is 25.0 Å². The summed E-state index contributed by atoms with van der Waals surface area (Å²) in [6, 6.07) is 4.96. The minimum absolute atomic E-state index is 0.281. The van der Waals surface area contributed by atoms with Crippen LogP contribution in [0.25, 0.3) is 0 Å². The molecule has 0 saturated carbocycles. The molecule has 0 spiro atoms. The summed E-state index contributed by atoms with van der Waals surface area (Å²) < 4.78 is 75.2. The van der Waals surface area contributed by atoms with Crippen LogP contribution in [0.15, 0.2) is 12.1 Å². The Morgan fingerprint density at radius 2 is 1.53 bits per heavy atom. The van der Waals surface area contributed by atoms with Crippen LogP contribution < -0.4 is 5.32 Å². The van der Waals surface area contributed by atoms with Gasteiger partial charge in [-0.2, -0.15) is 31.4 Å². The molecule has 3 N–H and O–H groups in total. The molecule has 38 heavy (non-hydrogen) atoms. The normalized spacial score (nSPS) is 24.6. The first-order valence-corrected chi connectivity index (χ1v) is 11.8. The molecule has 0 unspecified atom stereocenters. The molecule has 3 saturated heterocycles. The van der Waals surface area contributed by atoms with Crippen molar-refractivity contribution < 1.29 is 55.6 Å². The molecule has 216 valence electrons. The van der Waals surface area contributed by atoms with Gasteiger partial charge >= 0.3 is 24.3 Å². The van der Waals surface area contributed by atoms with Crippen molar-refractivity contribution in [2.24, 2.45) is 5.92 Å². The highest BCUT2D eigenvalue weighted by atomic mass is 19.4. The van der Waals surface area contributed by atoms with Crippen LogP contribution in [0.1, 0.15) is 31.4 Å². The van der Waals surface area contributed by atoms with Crippen molar-refractivity contribution in [3.63, 3.8) is 0 Å². The van der Waals surface area contributed by atoms with Crippen molar-refractivity contribution >= 4 is 17.8 Å². The number of fused-ring (bicyclic) bond motifs is 1. The van der Waals surface area contributed by atoms with Crippen molar-refractivity contribution in [2.75, 3.05) is 38.2 Å². The minimum atomic E-state index is -5.08. The van der Waals surface area contributed by atoms with Crippen LogP contribution in [-0.4, -0.2) is 101 Å². The number of aliphatic carboxylic acids is 2. The molecular weight excluding hydrogens is 530 g/mol. The second-order valence-corrected chi connectivity index (χ2v) is 8.95. The molecule has 10 nitrogen and oxygen atoms in total. The first-order valence-electron chi connectivity index (χ1n) is 11.8. The number of carbonyl (C=O) groups is 2. The number of aryl methyl sites for hydroxylation is 1. The topological polar surface area (TPSA) is 134 Å². The van der Waals surface area contributed by atoms with E-state index in [1.165, 1.54) is 12.8 Å². The van der Waals surface area contributed by atoms with Crippen molar-refractivity contribution in [2.45, 2.75) is 63.1 Å². The number of ether oxygens (including phenoxy) is 2. The van der Waals surface area contributed by atoms with E-state index in [1.54, 1.807) is 0 Å². The fourth-order valence-corrected chi connectivity index (χ4v) is 4.38. The van der Waals surface area contributed by atoms with E-state index in [0.717, 1.165) is 57.3 Å². The number of carboxylic acids is 2. The number of hydrogen-bond acceptors (Lipinski definition) is 8. The molecule has 3 fully saturated rings. The summed E-state index contributed by atoms with van der Waals surface area (Å²) in [6.45, 7) is 6.82. The number of nitrogens with zero attached hydrogens (tertiary/aromatic N) is 3. The number of carboxylic acid groups (broad SMARTS) is 2. The molecule has 0 radical (unpaired) electrons. The fraction of sp³-hybridized carbons (Fsp3) is 0.727. The Morgan fingerprint density at radius 1 is 0.947 bits per heavy atom. The summed E-state index contributed by atoms with van der Waals surface area (Å²) in [5.74, 6) is -4.04. The molecule has 0 bridgehead atoms.